The second kappa shape index (κ2) is 10.1. The molecule has 2 atom stereocenters. The molecule has 0 bridgehead atoms. The number of hydrogen-bond donors (Lipinski definition) is 2. The Bertz CT molecular complexity index is 940. The fraction of sp³-hybridized carbons (Fsp3) is 0.519. The van der Waals surface area contributed by atoms with E-state index in [4.69, 9.17) is 0 Å². The number of halogens is 2. The molecule has 172 valence electrons. The molecule has 1 fully saturated rings. The van der Waals surface area contributed by atoms with E-state index >= 15 is 0 Å². The van der Waals surface area contributed by atoms with Crippen LogP contribution in [0, 0.1) is 28.9 Å². The van der Waals surface area contributed by atoms with Crippen molar-refractivity contribution >= 4 is 0 Å². The molecular formula is C27H34F2N2O. The molecule has 3 nitrogen and oxygen atoms in total. The summed E-state index contributed by atoms with van der Waals surface area (Å²) in [6.45, 7) is 6.14. The van der Waals surface area contributed by atoms with Crippen LogP contribution in [0.3, 0.4) is 0 Å². The molecule has 1 saturated carbocycles. The van der Waals surface area contributed by atoms with E-state index in [1.165, 1.54) is 18.6 Å². The molecular weight excluding hydrogens is 406 g/mol. The maximum absolute atomic E-state index is 13.5. The first-order chi connectivity index (χ1) is 15.1. The summed E-state index contributed by atoms with van der Waals surface area (Å²) in [5.74, 6) is -1.35. The van der Waals surface area contributed by atoms with E-state index in [2.05, 4.69) is 23.5 Å². The van der Waals surface area contributed by atoms with Gasteiger partial charge in [-0.3, -0.25) is 0 Å². The standard InChI is InChI=1S/C27H34F2N2O/c1-19(12-20-13-23(28)16-24(29)14-20)25(32)17-31-27(10-5-4-6-11-27)22-9-7-8-21(15-22)26(2,3)18-30/h7-9,13-16,19,25,31-32H,4-6,10-12,17H2,1-3H3/t19-,25+/m0/s1. The van der Waals surface area contributed by atoms with Crippen molar-refractivity contribution in [3.05, 3.63) is 70.8 Å². The third-order valence-electron chi connectivity index (χ3n) is 6.91. The number of nitriles is 1. The van der Waals surface area contributed by atoms with E-state index in [0.717, 1.165) is 42.9 Å². The highest BCUT2D eigenvalue weighted by Crippen LogP contribution is 2.38. The number of aliphatic hydroxyl groups is 1. The number of rotatable bonds is 8. The molecule has 2 aromatic carbocycles. The minimum atomic E-state index is -0.654. The minimum Gasteiger partial charge on any atom is -0.392 e. The Morgan fingerprint density at radius 3 is 2.38 bits per heavy atom. The normalized spacial score (nSPS) is 18.0. The van der Waals surface area contributed by atoms with Gasteiger partial charge in [0.1, 0.15) is 11.6 Å². The molecule has 0 heterocycles. The summed E-state index contributed by atoms with van der Waals surface area (Å²) in [5, 5.41) is 24.1. The van der Waals surface area contributed by atoms with Crippen LogP contribution in [0.5, 0.6) is 0 Å². The molecule has 0 aromatic heterocycles. The van der Waals surface area contributed by atoms with Crippen LogP contribution >= 0.6 is 0 Å². The van der Waals surface area contributed by atoms with E-state index < -0.39 is 23.2 Å². The summed E-state index contributed by atoms with van der Waals surface area (Å²) in [6.07, 6.45) is 5.09. The number of hydrogen-bond acceptors (Lipinski definition) is 3. The number of benzene rings is 2. The van der Waals surface area contributed by atoms with Gasteiger partial charge in [-0.15, -0.1) is 0 Å². The smallest absolute Gasteiger partial charge is 0.126 e. The van der Waals surface area contributed by atoms with E-state index in [9.17, 15) is 19.1 Å². The zero-order valence-electron chi connectivity index (χ0n) is 19.3. The number of nitrogens with one attached hydrogen (secondary N) is 1. The largest absolute Gasteiger partial charge is 0.392 e. The summed E-state index contributed by atoms with van der Waals surface area (Å²) in [7, 11) is 0. The quantitative estimate of drug-likeness (QED) is 0.549. The summed E-state index contributed by atoms with van der Waals surface area (Å²) in [5.41, 5.74) is 1.88. The predicted molar refractivity (Wildman–Crippen MR) is 123 cm³/mol. The molecule has 0 spiro atoms. The maximum atomic E-state index is 13.5. The lowest BCUT2D eigenvalue weighted by Gasteiger charge is -2.40. The van der Waals surface area contributed by atoms with Crippen LogP contribution in [0.25, 0.3) is 0 Å². The Kier molecular flexibility index (Phi) is 7.69. The van der Waals surface area contributed by atoms with E-state index in [-0.39, 0.29) is 11.5 Å². The second-order valence-electron chi connectivity index (χ2n) is 9.87. The van der Waals surface area contributed by atoms with Crippen LogP contribution in [-0.2, 0) is 17.4 Å². The van der Waals surface area contributed by atoms with Crippen molar-refractivity contribution in [3.8, 4) is 6.07 Å². The van der Waals surface area contributed by atoms with Crippen molar-refractivity contribution in [1.82, 2.24) is 5.32 Å². The first kappa shape index (κ1) is 24.4. The van der Waals surface area contributed by atoms with Crippen molar-refractivity contribution in [2.24, 2.45) is 5.92 Å². The summed E-state index contributed by atoms with van der Waals surface area (Å²) in [6, 6.07) is 14.1. The summed E-state index contributed by atoms with van der Waals surface area (Å²) >= 11 is 0. The van der Waals surface area contributed by atoms with Crippen molar-refractivity contribution in [2.75, 3.05) is 6.54 Å². The van der Waals surface area contributed by atoms with Gasteiger partial charge in [-0.1, -0.05) is 50.5 Å². The SMILES string of the molecule is C[C@@H](Cc1cc(F)cc(F)c1)[C@H](O)CNC1(c2cccc(C(C)(C)C#N)c2)CCCCC1. The van der Waals surface area contributed by atoms with E-state index in [1.807, 2.05) is 32.9 Å². The fourth-order valence-electron chi connectivity index (χ4n) is 4.73. The summed E-state index contributed by atoms with van der Waals surface area (Å²) < 4.78 is 27.0. The van der Waals surface area contributed by atoms with Gasteiger partial charge in [0, 0.05) is 18.2 Å². The van der Waals surface area contributed by atoms with Crippen molar-refractivity contribution < 1.29 is 13.9 Å². The third kappa shape index (κ3) is 5.74. The zero-order valence-corrected chi connectivity index (χ0v) is 19.3. The number of nitrogens with zero attached hydrogens (tertiary/aromatic N) is 1. The molecule has 0 saturated heterocycles. The van der Waals surface area contributed by atoms with Gasteiger partial charge in [-0.25, -0.2) is 8.78 Å². The Morgan fingerprint density at radius 2 is 1.75 bits per heavy atom. The van der Waals surface area contributed by atoms with Crippen molar-refractivity contribution in [3.63, 3.8) is 0 Å². The average Bonchev–Trinajstić information content (AvgIpc) is 2.77. The zero-order chi connectivity index (χ0) is 23.4. The van der Waals surface area contributed by atoms with Gasteiger partial charge < -0.3 is 10.4 Å². The first-order valence-corrected chi connectivity index (χ1v) is 11.6. The molecule has 0 aliphatic heterocycles. The average molecular weight is 441 g/mol. The van der Waals surface area contributed by atoms with Crippen molar-refractivity contribution in [2.45, 2.75) is 76.4 Å². The highest BCUT2D eigenvalue weighted by Gasteiger charge is 2.35. The topological polar surface area (TPSA) is 56.0 Å². The van der Waals surface area contributed by atoms with Gasteiger partial charge in [0.15, 0.2) is 0 Å². The molecule has 1 aliphatic rings. The van der Waals surface area contributed by atoms with Gasteiger partial charge in [0.25, 0.3) is 0 Å². The van der Waals surface area contributed by atoms with Crippen LogP contribution in [0.1, 0.15) is 69.6 Å². The predicted octanol–water partition coefficient (Wildman–Crippen LogP) is 5.75. The van der Waals surface area contributed by atoms with Gasteiger partial charge >= 0.3 is 0 Å². The molecule has 32 heavy (non-hydrogen) atoms. The summed E-state index contributed by atoms with van der Waals surface area (Å²) in [4.78, 5) is 0. The molecule has 1 aliphatic carbocycles. The second-order valence-corrected chi connectivity index (χ2v) is 9.87. The monoisotopic (exact) mass is 440 g/mol. The molecule has 0 radical (unpaired) electrons. The van der Waals surface area contributed by atoms with Crippen LogP contribution in [0.15, 0.2) is 42.5 Å². The minimum absolute atomic E-state index is 0.159. The lowest BCUT2D eigenvalue weighted by atomic mass is 9.74. The lowest BCUT2D eigenvalue weighted by Crippen LogP contribution is -2.48. The van der Waals surface area contributed by atoms with Gasteiger partial charge in [0.2, 0.25) is 0 Å². The molecule has 3 rings (SSSR count). The van der Waals surface area contributed by atoms with Crippen LogP contribution in [-0.4, -0.2) is 17.8 Å². The molecule has 0 amide bonds. The van der Waals surface area contributed by atoms with Gasteiger partial charge in [-0.05, 0) is 67.9 Å². The Labute approximate surface area is 190 Å². The molecule has 0 unspecified atom stereocenters. The Hall–Kier alpha value is -2.29. The van der Waals surface area contributed by atoms with Crippen molar-refractivity contribution in [1.29, 1.82) is 5.26 Å². The van der Waals surface area contributed by atoms with Crippen LogP contribution < -0.4 is 5.32 Å². The fourth-order valence-corrected chi connectivity index (χ4v) is 4.73. The van der Waals surface area contributed by atoms with E-state index in [1.54, 1.807) is 0 Å². The lowest BCUT2D eigenvalue weighted by molar-refractivity contribution is 0.0946. The van der Waals surface area contributed by atoms with Crippen LogP contribution in [0.2, 0.25) is 0 Å². The van der Waals surface area contributed by atoms with Crippen LogP contribution in [0.4, 0.5) is 8.78 Å². The molecule has 2 aromatic rings. The number of aliphatic hydroxyl groups excluding tert-OH is 1. The van der Waals surface area contributed by atoms with Gasteiger partial charge in [0.05, 0.1) is 17.6 Å². The Balaban J connectivity index is 1.75. The maximum Gasteiger partial charge on any atom is 0.126 e. The third-order valence-corrected chi connectivity index (χ3v) is 6.91. The van der Waals surface area contributed by atoms with E-state index in [0.29, 0.717) is 18.5 Å². The Morgan fingerprint density at radius 1 is 1.09 bits per heavy atom. The highest BCUT2D eigenvalue weighted by molar-refractivity contribution is 5.37. The first-order valence-electron chi connectivity index (χ1n) is 11.6. The molecule has 5 heteroatoms. The molecule has 2 N–H and O–H groups in total. The highest BCUT2D eigenvalue weighted by atomic mass is 19.1. The van der Waals surface area contributed by atoms with Gasteiger partial charge in [-0.2, -0.15) is 5.26 Å².